The number of rotatable bonds is 6. The van der Waals surface area contributed by atoms with E-state index < -0.39 is 35.1 Å². The molecule has 1 spiro atoms. The molecule has 11 heteroatoms. The van der Waals surface area contributed by atoms with Gasteiger partial charge >= 0.3 is 12.3 Å². The van der Waals surface area contributed by atoms with Crippen molar-refractivity contribution < 1.29 is 35.5 Å². The molecule has 0 bridgehead atoms. The molecule has 0 aromatic heterocycles. The van der Waals surface area contributed by atoms with Crippen molar-refractivity contribution in [2.24, 2.45) is 5.41 Å². The van der Waals surface area contributed by atoms with Crippen LogP contribution >= 0.6 is 11.9 Å². The topological polar surface area (TPSA) is 19.0 Å². The van der Waals surface area contributed by atoms with Gasteiger partial charge in [-0.05, 0) is 36.6 Å². The van der Waals surface area contributed by atoms with Crippen LogP contribution in [0.25, 0.3) is 11.1 Å². The summed E-state index contributed by atoms with van der Waals surface area (Å²) in [7, 11) is 0. The Hall–Kier alpha value is -1.82. The van der Waals surface area contributed by atoms with E-state index >= 15 is 8.78 Å². The summed E-state index contributed by atoms with van der Waals surface area (Å²) in [5.74, 6) is -1.36. The molecule has 3 heterocycles. The number of halogens is 7. The molecular weight excluding hydrogens is 509 g/mol. The molecule has 2 aromatic rings. The molecule has 1 aliphatic carbocycles. The summed E-state index contributed by atoms with van der Waals surface area (Å²) < 4.78 is 104. The number of epoxide rings is 1. The Morgan fingerprint density at radius 1 is 1.03 bits per heavy atom. The van der Waals surface area contributed by atoms with Crippen LogP contribution in [0.15, 0.2) is 30.3 Å². The highest BCUT2D eigenvalue weighted by atomic mass is 32.2. The van der Waals surface area contributed by atoms with Crippen molar-refractivity contribution in [2.45, 2.75) is 43.2 Å². The van der Waals surface area contributed by atoms with E-state index in [1.807, 2.05) is 6.26 Å². The second kappa shape index (κ2) is 7.85. The van der Waals surface area contributed by atoms with Gasteiger partial charge in [0.25, 0.3) is 5.60 Å². The van der Waals surface area contributed by atoms with Crippen LogP contribution < -0.4 is 0 Å². The van der Waals surface area contributed by atoms with Gasteiger partial charge in [0.05, 0.1) is 0 Å². The summed E-state index contributed by atoms with van der Waals surface area (Å²) >= 11 is 1.70. The number of benzene rings is 2. The number of likely N-dealkylation sites (tertiary alicyclic amines) is 1. The van der Waals surface area contributed by atoms with Gasteiger partial charge in [-0.3, -0.25) is 9.64 Å². The van der Waals surface area contributed by atoms with Crippen LogP contribution in [0.5, 0.6) is 0 Å². The Kier molecular flexibility index (Phi) is 5.34. The maximum atomic E-state index is 15.7. The minimum Gasteiger partial charge on any atom is -0.298 e. The van der Waals surface area contributed by atoms with E-state index in [9.17, 15) is 22.0 Å². The quantitative estimate of drug-likeness (QED) is 0.248. The third-order valence-electron chi connectivity index (χ3n) is 7.74. The fourth-order valence-electron chi connectivity index (χ4n) is 5.80. The van der Waals surface area contributed by atoms with Crippen molar-refractivity contribution in [3.8, 4) is 11.1 Å². The Morgan fingerprint density at radius 3 is 2.14 bits per heavy atom. The fourth-order valence-corrected chi connectivity index (χ4v) is 6.61. The molecule has 6 rings (SSSR count). The maximum absolute atomic E-state index is 15.7. The standard InChI is InChI=1S/C25H23F7N2OS/c1-36-34-12-22(13-34)10-33(11-22)9-16-8-18(26)19(20(21(16)27)15-2-3-15)14-4-6-17(7-5-14)23(24(28,29)30)25(31,32)35-23/h4-8,15H,2-3,9-13H2,1H3. The van der Waals surface area contributed by atoms with E-state index in [1.54, 1.807) is 11.9 Å². The molecule has 3 nitrogen and oxygen atoms in total. The van der Waals surface area contributed by atoms with Gasteiger partial charge in [-0.2, -0.15) is 22.0 Å². The van der Waals surface area contributed by atoms with Gasteiger partial charge < -0.3 is 0 Å². The summed E-state index contributed by atoms with van der Waals surface area (Å²) in [6, 6.07) is 5.09. The van der Waals surface area contributed by atoms with Crippen LogP contribution in [0.3, 0.4) is 0 Å². The first-order chi connectivity index (χ1) is 16.9. The van der Waals surface area contributed by atoms with E-state index in [0.717, 1.165) is 56.5 Å². The molecule has 1 saturated carbocycles. The largest absolute Gasteiger partial charge is 0.430 e. The molecule has 1 atom stereocenters. The Morgan fingerprint density at radius 2 is 1.64 bits per heavy atom. The summed E-state index contributed by atoms with van der Waals surface area (Å²) in [5, 5.41) is 0. The minimum absolute atomic E-state index is 0.0236. The second-order valence-electron chi connectivity index (χ2n) is 10.4. The van der Waals surface area contributed by atoms with Crippen molar-refractivity contribution in [1.29, 1.82) is 0 Å². The molecule has 36 heavy (non-hydrogen) atoms. The summed E-state index contributed by atoms with van der Waals surface area (Å²) in [6.07, 6.45) is -6.33. The van der Waals surface area contributed by atoms with Crippen molar-refractivity contribution in [1.82, 2.24) is 9.21 Å². The first-order valence-electron chi connectivity index (χ1n) is 11.7. The first kappa shape index (κ1) is 24.5. The maximum Gasteiger partial charge on any atom is 0.430 e. The van der Waals surface area contributed by atoms with Gasteiger partial charge in [0.1, 0.15) is 11.6 Å². The van der Waals surface area contributed by atoms with Crippen molar-refractivity contribution >= 4 is 11.9 Å². The molecular formula is C25H23F7N2OS. The monoisotopic (exact) mass is 532 g/mol. The summed E-state index contributed by atoms with van der Waals surface area (Å²) in [4.78, 5) is 2.09. The third-order valence-corrected chi connectivity index (χ3v) is 8.51. The zero-order valence-electron chi connectivity index (χ0n) is 19.3. The predicted molar refractivity (Wildman–Crippen MR) is 120 cm³/mol. The lowest BCUT2D eigenvalue weighted by atomic mass is 9.74. The van der Waals surface area contributed by atoms with E-state index in [4.69, 9.17) is 0 Å². The number of nitrogens with zero attached hydrogens (tertiary/aromatic N) is 2. The van der Waals surface area contributed by atoms with Crippen LogP contribution in [0.2, 0.25) is 0 Å². The fraction of sp³-hybridized carbons (Fsp3) is 0.520. The molecule has 0 radical (unpaired) electrons. The van der Waals surface area contributed by atoms with Crippen molar-refractivity contribution in [2.75, 3.05) is 32.4 Å². The number of hydrogen-bond acceptors (Lipinski definition) is 4. The Balaban J connectivity index is 1.28. The first-order valence-corrected chi connectivity index (χ1v) is 12.9. The van der Waals surface area contributed by atoms with Crippen molar-refractivity contribution in [3.63, 3.8) is 0 Å². The highest BCUT2D eigenvalue weighted by Gasteiger charge is 2.88. The molecule has 0 amide bonds. The third kappa shape index (κ3) is 3.60. The van der Waals surface area contributed by atoms with Crippen LogP contribution in [-0.4, -0.2) is 53.9 Å². The Bertz CT molecular complexity index is 1200. The number of ether oxygens (including phenoxy) is 1. The highest BCUT2D eigenvalue weighted by molar-refractivity contribution is 7.96. The zero-order valence-corrected chi connectivity index (χ0v) is 20.1. The number of alkyl halides is 5. The van der Waals surface area contributed by atoms with E-state index in [2.05, 4.69) is 13.9 Å². The molecule has 0 N–H and O–H groups in total. The normalized spacial score (nSPS) is 27.1. The molecule has 3 saturated heterocycles. The Labute approximate surface area is 207 Å². The lowest BCUT2D eigenvalue weighted by molar-refractivity contribution is -0.193. The molecule has 194 valence electrons. The van der Waals surface area contributed by atoms with Gasteiger partial charge in [-0.1, -0.05) is 36.2 Å². The molecule has 4 fully saturated rings. The lowest BCUT2D eigenvalue weighted by Gasteiger charge is -2.59. The summed E-state index contributed by atoms with van der Waals surface area (Å²) in [6.45, 7) is 3.89. The molecule has 4 aliphatic rings. The van der Waals surface area contributed by atoms with E-state index in [-0.39, 0.29) is 40.1 Å². The number of hydrogen-bond donors (Lipinski definition) is 0. The van der Waals surface area contributed by atoms with Gasteiger partial charge in [0, 0.05) is 60.4 Å². The molecule has 1 unspecified atom stereocenters. The van der Waals surface area contributed by atoms with Crippen LogP contribution in [0.1, 0.15) is 35.4 Å². The van der Waals surface area contributed by atoms with Gasteiger partial charge in [-0.25, -0.2) is 13.1 Å². The lowest BCUT2D eigenvalue weighted by Crippen LogP contribution is -2.70. The SMILES string of the molecule is CSN1CC2(CN(Cc3cc(F)c(-c4ccc(C5(C(F)(F)F)OC5(F)F)cc4)c(C4CC4)c3F)C2)C1. The average Bonchev–Trinajstić information content (AvgIpc) is 3.66. The van der Waals surface area contributed by atoms with Crippen LogP contribution in [-0.2, 0) is 16.9 Å². The van der Waals surface area contributed by atoms with Gasteiger partial charge in [0.15, 0.2) is 0 Å². The van der Waals surface area contributed by atoms with Crippen molar-refractivity contribution in [3.05, 3.63) is 58.7 Å². The highest BCUT2D eigenvalue weighted by Crippen LogP contribution is 2.66. The minimum atomic E-state index is -5.33. The van der Waals surface area contributed by atoms with Gasteiger partial charge in [-0.15, -0.1) is 0 Å². The van der Waals surface area contributed by atoms with Gasteiger partial charge in [0.2, 0.25) is 0 Å². The van der Waals surface area contributed by atoms with E-state index in [0.29, 0.717) is 12.8 Å². The summed E-state index contributed by atoms with van der Waals surface area (Å²) in [5.41, 5.74) is -3.68. The average molecular weight is 533 g/mol. The molecule has 3 aliphatic heterocycles. The van der Waals surface area contributed by atoms with Crippen LogP contribution in [0, 0.1) is 17.0 Å². The van der Waals surface area contributed by atoms with E-state index in [1.165, 1.54) is 0 Å². The second-order valence-corrected chi connectivity index (χ2v) is 11.3. The molecule has 2 aromatic carbocycles. The van der Waals surface area contributed by atoms with Crippen LogP contribution in [0.4, 0.5) is 30.7 Å². The predicted octanol–water partition coefficient (Wildman–Crippen LogP) is 6.29. The zero-order chi connectivity index (χ0) is 25.7. The smallest absolute Gasteiger partial charge is 0.298 e.